The van der Waals surface area contributed by atoms with Crippen LogP contribution >= 0.6 is 0 Å². The summed E-state index contributed by atoms with van der Waals surface area (Å²) in [5.74, 6) is 0.724. The topological polar surface area (TPSA) is 37.4 Å². The second-order valence-electron chi connectivity index (χ2n) is 5.34. The van der Waals surface area contributed by atoms with Crippen molar-refractivity contribution in [1.29, 1.82) is 0 Å². The zero-order chi connectivity index (χ0) is 13.3. The highest BCUT2D eigenvalue weighted by Crippen LogP contribution is 2.10. The van der Waals surface area contributed by atoms with Crippen LogP contribution in [0.4, 0.5) is 0 Å². The number of likely N-dealkylation sites (N-methyl/N-ethyl adjacent to an activating group) is 1. The highest BCUT2D eigenvalue weighted by Gasteiger charge is 2.14. The molecule has 1 atom stereocenters. The molecule has 0 aliphatic carbocycles. The molecule has 2 rings (SSSR count). The second kappa shape index (κ2) is 8.25. The zero-order valence-electron chi connectivity index (χ0n) is 11.8. The van der Waals surface area contributed by atoms with Crippen LogP contribution in [0.5, 0.6) is 0 Å². The van der Waals surface area contributed by atoms with Gasteiger partial charge in [0.15, 0.2) is 0 Å². The largest absolute Gasteiger partial charge is 0.381 e. The number of aromatic nitrogens is 1. The minimum Gasteiger partial charge on any atom is -0.381 e. The smallest absolute Gasteiger partial charge is 0.0507 e. The molecule has 4 nitrogen and oxygen atoms in total. The summed E-state index contributed by atoms with van der Waals surface area (Å²) in [4.78, 5) is 6.41. The maximum absolute atomic E-state index is 5.37. The third-order valence-electron chi connectivity index (χ3n) is 3.66. The van der Waals surface area contributed by atoms with E-state index in [1.54, 1.807) is 0 Å². The minimum atomic E-state index is 0.724. The molecule has 1 unspecified atom stereocenters. The average Bonchev–Trinajstić information content (AvgIpc) is 2.96. The van der Waals surface area contributed by atoms with E-state index in [-0.39, 0.29) is 0 Å². The summed E-state index contributed by atoms with van der Waals surface area (Å²) in [7, 11) is 2.18. The summed E-state index contributed by atoms with van der Waals surface area (Å²) in [6.07, 6.45) is 6.03. The van der Waals surface area contributed by atoms with Crippen LogP contribution < -0.4 is 5.32 Å². The molecule has 1 aromatic heterocycles. The molecule has 2 heterocycles. The Labute approximate surface area is 116 Å². The molecule has 1 saturated heterocycles. The maximum atomic E-state index is 5.37. The molecule has 0 spiro atoms. The van der Waals surface area contributed by atoms with Gasteiger partial charge in [0.2, 0.25) is 0 Å². The molecule has 4 heteroatoms. The van der Waals surface area contributed by atoms with E-state index in [4.69, 9.17) is 4.74 Å². The Morgan fingerprint density at radius 2 is 2.21 bits per heavy atom. The first-order valence-corrected chi connectivity index (χ1v) is 7.20. The summed E-state index contributed by atoms with van der Waals surface area (Å²) in [5, 5.41) is 3.52. The van der Waals surface area contributed by atoms with Crippen LogP contribution in [0.3, 0.4) is 0 Å². The van der Waals surface area contributed by atoms with Gasteiger partial charge in [0.05, 0.1) is 6.61 Å². The highest BCUT2D eigenvalue weighted by molar-refractivity contribution is 5.09. The third kappa shape index (κ3) is 5.68. The Morgan fingerprint density at radius 3 is 2.95 bits per heavy atom. The van der Waals surface area contributed by atoms with Crippen molar-refractivity contribution in [3.63, 3.8) is 0 Å². The van der Waals surface area contributed by atoms with Crippen molar-refractivity contribution in [3.8, 4) is 0 Å². The predicted molar refractivity (Wildman–Crippen MR) is 77.2 cm³/mol. The van der Waals surface area contributed by atoms with E-state index in [0.29, 0.717) is 0 Å². The molecule has 19 heavy (non-hydrogen) atoms. The van der Waals surface area contributed by atoms with Crippen LogP contribution in [0.25, 0.3) is 0 Å². The van der Waals surface area contributed by atoms with Crippen molar-refractivity contribution in [3.05, 3.63) is 30.1 Å². The van der Waals surface area contributed by atoms with Gasteiger partial charge >= 0.3 is 0 Å². The molecule has 0 amide bonds. The molecule has 0 saturated carbocycles. The molecule has 0 radical (unpaired) electrons. The number of hydrogen-bond acceptors (Lipinski definition) is 4. The quantitative estimate of drug-likeness (QED) is 0.715. The molecular formula is C15H25N3O. The predicted octanol–water partition coefficient (Wildman–Crippen LogP) is 1.18. The monoisotopic (exact) mass is 263 g/mol. The van der Waals surface area contributed by atoms with Gasteiger partial charge in [0.25, 0.3) is 0 Å². The Morgan fingerprint density at radius 1 is 1.37 bits per heavy atom. The summed E-state index contributed by atoms with van der Waals surface area (Å²) < 4.78 is 5.37. The Bertz CT molecular complexity index is 339. The number of hydrogen-bond donors (Lipinski definition) is 1. The molecule has 0 aromatic carbocycles. The molecule has 106 valence electrons. The molecule has 1 N–H and O–H groups in total. The molecule has 1 aliphatic rings. The lowest BCUT2D eigenvalue weighted by Crippen LogP contribution is -2.33. The van der Waals surface area contributed by atoms with Gasteiger partial charge in [-0.15, -0.1) is 0 Å². The van der Waals surface area contributed by atoms with E-state index in [9.17, 15) is 0 Å². The van der Waals surface area contributed by atoms with Gasteiger partial charge in [-0.3, -0.25) is 4.98 Å². The van der Waals surface area contributed by atoms with Gasteiger partial charge in [-0.2, -0.15) is 0 Å². The van der Waals surface area contributed by atoms with Gasteiger partial charge in [0, 0.05) is 45.2 Å². The Balaban J connectivity index is 1.51. The van der Waals surface area contributed by atoms with E-state index >= 15 is 0 Å². The van der Waals surface area contributed by atoms with Crippen molar-refractivity contribution in [2.45, 2.75) is 12.8 Å². The van der Waals surface area contributed by atoms with Crippen LogP contribution in [-0.4, -0.2) is 56.3 Å². The van der Waals surface area contributed by atoms with E-state index in [1.165, 1.54) is 12.0 Å². The lowest BCUT2D eigenvalue weighted by molar-refractivity contribution is 0.185. The summed E-state index contributed by atoms with van der Waals surface area (Å²) in [5.41, 5.74) is 1.36. The Kier molecular flexibility index (Phi) is 6.27. The standard InChI is InChI=1S/C15H25N3O/c1-18(9-4-14-2-6-16-7-3-14)10-8-17-12-15-5-11-19-13-15/h2-3,6-7,15,17H,4-5,8-13H2,1H3. The minimum absolute atomic E-state index is 0.724. The number of nitrogens with zero attached hydrogens (tertiary/aromatic N) is 2. The number of nitrogens with one attached hydrogen (secondary N) is 1. The fraction of sp³-hybridized carbons (Fsp3) is 0.667. The van der Waals surface area contributed by atoms with Gasteiger partial charge < -0.3 is 15.0 Å². The normalized spacial score (nSPS) is 19.2. The van der Waals surface area contributed by atoms with Crippen LogP contribution in [0.15, 0.2) is 24.5 Å². The lowest BCUT2D eigenvalue weighted by Gasteiger charge is -2.17. The van der Waals surface area contributed by atoms with Gasteiger partial charge in [-0.05, 0) is 43.5 Å². The SMILES string of the molecule is CN(CCNCC1CCOC1)CCc1ccncc1. The number of ether oxygens (including phenoxy) is 1. The van der Waals surface area contributed by atoms with Crippen LogP contribution in [-0.2, 0) is 11.2 Å². The average molecular weight is 263 g/mol. The second-order valence-corrected chi connectivity index (χ2v) is 5.34. The number of rotatable bonds is 8. The molecule has 0 bridgehead atoms. The summed E-state index contributed by atoms with van der Waals surface area (Å²) >= 11 is 0. The molecular weight excluding hydrogens is 238 g/mol. The van der Waals surface area contributed by atoms with Crippen LogP contribution in [0, 0.1) is 5.92 Å². The van der Waals surface area contributed by atoms with Gasteiger partial charge in [-0.1, -0.05) is 0 Å². The van der Waals surface area contributed by atoms with Crippen LogP contribution in [0.1, 0.15) is 12.0 Å². The van der Waals surface area contributed by atoms with Crippen molar-refractivity contribution >= 4 is 0 Å². The van der Waals surface area contributed by atoms with Crippen molar-refractivity contribution < 1.29 is 4.74 Å². The van der Waals surface area contributed by atoms with E-state index in [0.717, 1.165) is 51.7 Å². The Hall–Kier alpha value is -0.970. The van der Waals surface area contributed by atoms with Gasteiger partial charge in [0.1, 0.15) is 0 Å². The van der Waals surface area contributed by atoms with Gasteiger partial charge in [-0.25, -0.2) is 0 Å². The van der Waals surface area contributed by atoms with Crippen molar-refractivity contribution in [2.24, 2.45) is 5.92 Å². The van der Waals surface area contributed by atoms with E-state index in [1.807, 2.05) is 12.4 Å². The third-order valence-corrected chi connectivity index (χ3v) is 3.66. The van der Waals surface area contributed by atoms with E-state index < -0.39 is 0 Å². The van der Waals surface area contributed by atoms with Crippen molar-refractivity contribution in [1.82, 2.24) is 15.2 Å². The van der Waals surface area contributed by atoms with E-state index in [2.05, 4.69) is 34.4 Å². The molecule has 1 aromatic rings. The summed E-state index contributed by atoms with van der Waals surface area (Å²) in [6.45, 7) is 6.22. The fourth-order valence-electron chi connectivity index (χ4n) is 2.30. The van der Waals surface area contributed by atoms with Crippen LogP contribution in [0.2, 0.25) is 0 Å². The number of pyridine rings is 1. The lowest BCUT2D eigenvalue weighted by atomic mass is 10.1. The first-order valence-electron chi connectivity index (χ1n) is 7.20. The first kappa shape index (κ1) is 14.4. The highest BCUT2D eigenvalue weighted by atomic mass is 16.5. The van der Waals surface area contributed by atoms with Crippen molar-refractivity contribution in [2.75, 3.05) is 46.4 Å². The summed E-state index contributed by atoms with van der Waals surface area (Å²) in [6, 6.07) is 4.18. The molecule has 1 aliphatic heterocycles. The molecule has 1 fully saturated rings. The first-order chi connectivity index (χ1) is 9.34. The zero-order valence-corrected chi connectivity index (χ0v) is 11.8. The fourth-order valence-corrected chi connectivity index (χ4v) is 2.30. The maximum Gasteiger partial charge on any atom is 0.0507 e.